The zero-order chi connectivity index (χ0) is 14.0. The average Bonchev–Trinajstić information content (AvgIpc) is 2.79. The normalized spacial score (nSPS) is 23.9. The first-order valence-corrected chi connectivity index (χ1v) is 6.81. The highest BCUT2D eigenvalue weighted by Gasteiger charge is 2.36. The summed E-state index contributed by atoms with van der Waals surface area (Å²) < 4.78 is 13.8. The molecular formula is C15H15ClFNO. The molecule has 1 aromatic rings. The van der Waals surface area contributed by atoms with Gasteiger partial charge in [-0.1, -0.05) is 31.0 Å². The first-order chi connectivity index (χ1) is 9.06. The first kappa shape index (κ1) is 14.0. The number of hydrogen-bond donors (Lipinski definition) is 0. The zero-order valence-corrected chi connectivity index (χ0v) is 11.5. The molecule has 0 N–H and O–H groups in total. The van der Waals surface area contributed by atoms with E-state index in [1.54, 1.807) is 0 Å². The van der Waals surface area contributed by atoms with Crippen LogP contribution < -0.4 is 0 Å². The van der Waals surface area contributed by atoms with Crippen LogP contribution in [0.3, 0.4) is 0 Å². The highest BCUT2D eigenvalue weighted by atomic mass is 35.5. The van der Waals surface area contributed by atoms with Crippen LogP contribution in [0.25, 0.3) is 0 Å². The molecule has 0 aliphatic heterocycles. The fourth-order valence-corrected chi connectivity index (χ4v) is 3.11. The monoisotopic (exact) mass is 279 g/mol. The molecule has 1 fully saturated rings. The Bertz CT molecular complexity index is 517. The van der Waals surface area contributed by atoms with Gasteiger partial charge in [0, 0.05) is 16.5 Å². The number of carbonyl (C=O) groups is 1. The number of ketones is 1. The Morgan fingerprint density at radius 3 is 2.79 bits per heavy atom. The average molecular weight is 280 g/mol. The molecule has 100 valence electrons. The molecule has 0 heterocycles. The van der Waals surface area contributed by atoms with E-state index in [1.807, 2.05) is 13.0 Å². The van der Waals surface area contributed by atoms with Crippen LogP contribution in [-0.4, -0.2) is 5.78 Å². The van der Waals surface area contributed by atoms with Gasteiger partial charge in [0.05, 0.1) is 6.07 Å². The summed E-state index contributed by atoms with van der Waals surface area (Å²) in [6, 6.07) is 6.14. The summed E-state index contributed by atoms with van der Waals surface area (Å²) in [6.45, 7) is 2.01. The van der Waals surface area contributed by atoms with Crippen LogP contribution in [0.15, 0.2) is 18.2 Å². The molecule has 1 saturated carbocycles. The van der Waals surface area contributed by atoms with Crippen molar-refractivity contribution in [2.75, 3.05) is 0 Å². The van der Waals surface area contributed by atoms with Crippen molar-refractivity contribution in [1.82, 2.24) is 0 Å². The van der Waals surface area contributed by atoms with Gasteiger partial charge in [0.25, 0.3) is 0 Å². The topological polar surface area (TPSA) is 40.9 Å². The maximum atomic E-state index is 13.8. The van der Waals surface area contributed by atoms with Gasteiger partial charge in [-0.2, -0.15) is 5.26 Å². The quantitative estimate of drug-likeness (QED) is 0.836. The lowest BCUT2D eigenvalue weighted by Gasteiger charge is -2.18. The van der Waals surface area contributed by atoms with Gasteiger partial charge in [-0.25, -0.2) is 4.39 Å². The summed E-state index contributed by atoms with van der Waals surface area (Å²) in [5.74, 6) is -1.77. The second-order valence-electron chi connectivity index (χ2n) is 5.11. The van der Waals surface area contributed by atoms with E-state index < -0.39 is 11.7 Å². The minimum Gasteiger partial charge on any atom is -0.298 e. The number of carbonyl (C=O) groups excluding carboxylic acids is 1. The lowest BCUT2D eigenvalue weighted by atomic mass is 9.83. The van der Waals surface area contributed by atoms with Crippen molar-refractivity contribution in [3.05, 3.63) is 34.6 Å². The Morgan fingerprint density at radius 2 is 2.26 bits per heavy atom. The van der Waals surface area contributed by atoms with Crippen molar-refractivity contribution < 1.29 is 9.18 Å². The Morgan fingerprint density at radius 1 is 1.53 bits per heavy atom. The fraction of sp³-hybridized carbons (Fsp3) is 0.467. The van der Waals surface area contributed by atoms with E-state index in [2.05, 4.69) is 0 Å². The van der Waals surface area contributed by atoms with Crippen LogP contribution in [0, 0.1) is 29.0 Å². The smallest absolute Gasteiger partial charge is 0.157 e. The van der Waals surface area contributed by atoms with Gasteiger partial charge in [-0.3, -0.25) is 4.79 Å². The molecule has 3 unspecified atom stereocenters. The summed E-state index contributed by atoms with van der Waals surface area (Å²) in [5, 5.41) is 9.39. The van der Waals surface area contributed by atoms with Gasteiger partial charge in [-0.15, -0.1) is 0 Å². The molecule has 1 aliphatic carbocycles. The van der Waals surface area contributed by atoms with Crippen LogP contribution in [0.4, 0.5) is 4.39 Å². The van der Waals surface area contributed by atoms with Crippen LogP contribution in [0.1, 0.15) is 37.7 Å². The van der Waals surface area contributed by atoms with Gasteiger partial charge in [0.2, 0.25) is 0 Å². The highest BCUT2D eigenvalue weighted by molar-refractivity contribution is 6.31. The van der Waals surface area contributed by atoms with Crippen LogP contribution in [0.2, 0.25) is 5.02 Å². The number of rotatable bonds is 3. The van der Waals surface area contributed by atoms with Crippen molar-refractivity contribution in [1.29, 1.82) is 5.26 Å². The van der Waals surface area contributed by atoms with Gasteiger partial charge >= 0.3 is 0 Å². The largest absolute Gasteiger partial charge is 0.298 e. The first-order valence-electron chi connectivity index (χ1n) is 6.43. The maximum Gasteiger partial charge on any atom is 0.157 e. The number of benzene rings is 1. The van der Waals surface area contributed by atoms with Gasteiger partial charge < -0.3 is 0 Å². The maximum absolute atomic E-state index is 13.8. The lowest BCUT2D eigenvalue weighted by molar-refractivity contribution is -0.124. The predicted molar refractivity (Wildman–Crippen MR) is 71.3 cm³/mol. The molecule has 0 spiro atoms. The van der Waals surface area contributed by atoms with Crippen molar-refractivity contribution in [3.63, 3.8) is 0 Å². The van der Waals surface area contributed by atoms with Crippen molar-refractivity contribution in [2.45, 2.75) is 32.1 Å². The van der Waals surface area contributed by atoms with E-state index in [-0.39, 0.29) is 28.2 Å². The predicted octanol–water partition coefficient (Wildman–Crippen LogP) is 4.09. The SMILES string of the molecule is CC1CCCC1C(=O)C(C#N)c1c(F)cccc1Cl. The molecule has 4 heteroatoms. The Hall–Kier alpha value is -1.40. The summed E-state index contributed by atoms with van der Waals surface area (Å²) in [7, 11) is 0. The zero-order valence-electron chi connectivity index (χ0n) is 10.7. The second kappa shape index (κ2) is 5.71. The van der Waals surface area contributed by atoms with Crippen molar-refractivity contribution >= 4 is 17.4 Å². The standard InChI is InChI=1S/C15H15ClFNO/c1-9-4-2-5-10(9)15(19)11(8-18)14-12(16)6-3-7-13(14)17/h3,6-7,9-11H,2,4-5H2,1H3. The summed E-state index contributed by atoms with van der Waals surface area (Å²) in [5.41, 5.74) is 0.0239. The Balaban J connectivity index is 2.35. The van der Waals surface area contributed by atoms with Crippen molar-refractivity contribution in [2.24, 2.45) is 11.8 Å². The van der Waals surface area contributed by atoms with E-state index in [0.29, 0.717) is 0 Å². The molecule has 2 nitrogen and oxygen atoms in total. The van der Waals surface area contributed by atoms with Crippen LogP contribution >= 0.6 is 11.6 Å². The molecule has 0 aromatic heterocycles. The summed E-state index contributed by atoms with van der Waals surface area (Å²) in [4.78, 5) is 12.4. The highest BCUT2D eigenvalue weighted by Crippen LogP contribution is 2.37. The van der Waals surface area contributed by atoms with E-state index in [1.165, 1.54) is 18.2 Å². The molecule has 0 amide bonds. The third kappa shape index (κ3) is 2.64. The molecule has 0 bridgehead atoms. The minimum atomic E-state index is -1.10. The van der Waals surface area contributed by atoms with Crippen LogP contribution in [0.5, 0.6) is 0 Å². The van der Waals surface area contributed by atoms with Gasteiger partial charge in [-0.05, 0) is 30.9 Å². The third-order valence-electron chi connectivity index (χ3n) is 3.93. The number of hydrogen-bond acceptors (Lipinski definition) is 2. The summed E-state index contributed by atoms with van der Waals surface area (Å²) >= 11 is 5.95. The molecule has 19 heavy (non-hydrogen) atoms. The summed E-state index contributed by atoms with van der Waals surface area (Å²) in [6.07, 6.45) is 2.75. The Labute approximate surface area is 117 Å². The number of halogens is 2. The van der Waals surface area contributed by atoms with E-state index in [9.17, 15) is 14.4 Å². The second-order valence-corrected chi connectivity index (χ2v) is 5.52. The van der Waals surface area contributed by atoms with Gasteiger partial charge in [0.15, 0.2) is 5.78 Å². The molecule has 1 aliphatic rings. The minimum absolute atomic E-state index is 0.0239. The van der Waals surface area contributed by atoms with Crippen LogP contribution in [-0.2, 0) is 4.79 Å². The number of nitriles is 1. The molecule has 1 aromatic carbocycles. The molecule has 3 atom stereocenters. The molecule has 0 radical (unpaired) electrons. The van der Waals surface area contributed by atoms with E-state index >= 15 is 0 Å². The van der Waals surface area contributed by atoms with Crippen molar-refractivity contribution in [3.8, 4) is 6.07 Å². The lowest BCUT2D eigenvalue weighted by Crippen LogP contribution is -2.24. The number of Topliss-reactive ketones (excluding diaryl/α,β-unsaturated/α-hetero) is 1. The number of nitrogens with zero attached hydrogens (tertiary/aromatic N) is 1. The molecule has 0 saturated heterocycles. The molecular weight excluding hydrogens is 265 g/mol. The van der Waals surface area contributed by atoms with E-state index in [0.717, 1.165) is 19.3 Å². The Kier molecular flexibility index (Phi) is 4.21. The van der Waals surface area contributed by atoms with Gasteiger partial charge in [0.1, 0.15) is 11.7 Å². The fourth-order valence-electron chi connectivity index (χ4n) is 2.84. The molecule has 2 rings (SSSR count). The third-order valence-corrected chi connectivity index (χ3v) is 4.26. The van der Waals surface area contributed by atoms with E-state index in [4.69, 9.17) is 11.6 Å².